The molecule has 0 aliphatic heterocycles. The monoisotopic (exact) mass is 317 g/mol. The molecule has 0 aromatic heterocycles. The lowest BCUT2D eigenvalue weighted by Gasteiger charge is -2.27. The van der Waals surface area contributed by atoms with Crippen LogP contribution in [0.3, 0.4) is 0 Å². The molecule has 1 aromatic rings. The fourth-order valence-corrected chi connectivity index (χ4v) is 3.76. The van der Waals surface area contributed by atoms with Gasteiger partial charge in [-0.1, -0.05) is 6.92 Å². The molecule has 21 heavy (non-hydrogen) atoms. The van der Waals surface area contributed by atoms with Gasteiger partial charge in [0.05, 0.1) is 12.2 Å². The van der Waals surface area contributed by atoms with Crippen molar-refractivity contribution in [1.29, 1.82) is 0 Å². The van der Waals surface area contributed by atoms with E-state index in [0.29, 0.717) is 0 Å². The molecule has 0 saturated carbocycles. The molecule has 1 atom stereocenters. The third-order valence-corrected chi connectivity index (χ3v) is 5.12. The predicted octanol–water partition coefficient (Wildman–Crippen LogP) is 1.14. The van der Waals surface area contributed by atoms with Gasteiger partial charge in [-0.3, -0.25) is 0 Å². The Morgan fingerprint density at radius 1 is 1.43 bits per heavy atom. The summed E-state index contributed by atoms with van der Waals surface area (Å²) in [4.78, 5) is 10.5. The van der Waals surface area contributed by atoms with Crippen LogP contribution in [0.5, 0.6) is 5.75 Å². The second-order valence-electron chi connectivity index (χ2n) is 4.50. The number of benzene rings is 1. The number of phenols is 1. The molecule has 1 unspecified atom stereocenters. The van der Waals surface area contributed by atoms with Crippen LogP contribution in [-0.2, 0) is 14.8 Å². The van der Waals surface area contributed by atoms with Gasteiger partial charge in [0.1, 0.15) is 10.6 Å². The smallest absolute Gasteiger partial charge is 0.335 e. The van der Waals surface area contributed by atoms with Crippen molar-refractivity contribution >= 4 is 16.0 Å². The molecule has 0 amide bonds. The molecule has 7 nitrogen and oxygen atoms in total. The maximum atomic E-state index is 12.6. The number of phenolic OH excluding ortho intramolecular Hbond substituents is 1. The summed E-state index contributed by atoms with van der Waals surface area (Å²) in [6, 6.07) is 2.71. The summed E-state index contributed by atoms with van der Waals surface area (Å²) < 4.78 is 31.3. The highest BCUT2D eigenvalue weighted by Gasteiger charge is 2.30. The second-order valence-corrected chi connectivity index (χ2v) is 6.36. The van der Waals surface area contributed by atoms with E-state index in [1.54, 1.807) is 13.8 Å². The molecule has 0 spiro atoms. The predicted molar refractivity (Wildman–Crippen MR) is 76.0 cm³/mol. The molecule has 1 rings (SSSR count). The van der Waals surface area contributed by atoms with Crippen molar-refractivity contribution in [2.24, 2.45) is 0 Å². The van der Waals surface area contributed by atoms with Crippen molar-refractivity contribution in [2.45, 2.75) is 24.8 Å². The van der Waals surface area contributed by atoms with E-state index < -0.39 is 32.7 Å². The average molecular weight is 317 g/mol. The summed E-state index contributed by atoms with van der Waals surface area (Å²) >= 11 is 0. The van der Waals surface area contributed by atoms with Crippen LogP contribution in [0.2, 0.25) is 0 Å². The van der Waals surface area contributed by atoms with E-state index >= 15 is 0 Å². The first-order valence-corrected chi connectivity index (χ1v) is 7.76. The zero-order valence-electron chi connectivity index (χ0n) is 12.1. The molecule has 2 N–H and O–H groups in total. The fourth-order valence-electron chi connectivity index (χ4n) is 2.02. The van der Waals surface area contributed by atoms with Gasteiger partial charge >= 0.3 is 5.97 Å². The van der Waals surface area contributed by atoms with E-state index in [-0.39, 0.29) is 18.7 Å². The van der Waals surface area contributed by atoms with Gasteiger partial charge in [-0.2, -0.15) is 4.31 Å². The SMILES string of the molecule is CCN(C(C)COC)S(=O)(=O)c1cc(C(=O)O)ccc1O. The van der Waals surface area contributed by atoms with Crippen LogP contribution in [0.1, 0.15) is 24.2 Å². The number of carboxylic acids is 1. The average Bonchev–Trinajstić information content (AvgIpc) is 2.39. The van der Waals surface area contributed by atoms with E-state index in [2.05, 4.69) is 0 Å². The maximum absolute atomic E-state index is 12.6. The number of methoxy groups -OCH3 is 1. The molecule has 8 heteroatoms. The number of hydrogen-bond acceptors (Lipinski definition) is 5. The number of aromatic carboxylic acids is 1. The Morgan fingerprint density at radius 2 is 2.05 bits per heavy atom. The minimum Gasteiger partial charge on any atom is -0.507 e. The highest BCUT2D eigenvalue weighted by molar-refractivity contribution is 7.89. The van der Waals surface area contributed by atoms with Gasteiger partial charge in [-0.25, -0.2) is 13.2 Å². The molecular formula is C13H19NO6S. The summed E-state index contributed by atoms with van der Waals surface area (Å²) in [7, 11) is -2.56. The highest BCUT2D eigenvalue weighted by Crippen LogP contribution is 2.28. The normalized spacial score (nSPS) is 13.3. The summed E-state index contributed by atoms with van der Waals surface area (Å²) in [6.07, 6.45) is 0. The Morgan fingerprint density at radius 3 is 2.52 bits per heavy atom. The first kappa shape index (κ1) is 17.4. The van der Waals surface area contributed by atoms with Crippen molar-refractivity contribution in [3.05, 3.63) is 23.8 Å². The standard InChI is InChI=1S/C13H19NO6S/c1-4-14(9(2)8-20-3)21(18,19)12-7-10(13(16)17)5-6-11(12)15/h5-7,9,15H,4,8H2,1-3H3,(H,16,17). The third kappa shape index (κ3) is 3.72. The van der Waals surface area contributed by atoms with Crippen molar-refractivity contribution in [3.63, 3.8) is 0 Å². The highest BCUT2D eigenvalue weighted by atomic mass is 32.2. The molecule has 0 saturated heterocycles. The second kappa shape index (κ2) is 6.88. The number of rotatable bonds is 7. The van der Waals surface area contributed by atoms with Crippen LogP contribution >= 0.6 is 0 Å². The van der Waals surface area contributed by atoms with Crippen LogP contribution in [-0.4, -0.2) is 55.2 Å². The molecule has 118 valence electrons. The minimum absolute atomic E-state index is 0.170. The van der Waals surface area contributed by atoms with Crippen molar-refractivity contribution in [1.82, 2.24) is 4.31 Å². The number of nitrogens with zero attached hydrogens (tertiary/aromatic N) is 1. The Hall–Kier alpha value is -1.64. The number of carboxylic acid groups (broad SMARTS) is 1. The van der Waals surface area contributed by atoms with Gasteiger partial charge in [-0.15, -0.1) is 0 Å². The minimum atomic E-state index is -4.02. The van der Waals surface area contributed by atoms with Crippen molar-refractivity contribution in [3.8, 4) is 5.75 Å². The number of likely N-dealkylation sites (N-methyl/N-ethyl adjacent to an activating group) is 1. The van der Waals surface area contributed by atoms with E-state index in [9.17, 15) is 18.3 Å². The number of ether oxygens (including phenoxy) is 1. The van der Waals surface area contributed by atoms with Crippen molar-refractivity contribution < 1.29 is 28.2 Å². The number of sulfonamides is 1. The van der Waals surface area contributed by atoms with Crippen LogP contribution in [0.4, 0.5) is 0 Å². The number of hydrogen-bond donors (Lipinski definition) is 2. The Labute approximate surface area is 123 Å². The van der Waals surface area contributed by atoms with Crippen molar-refractivity contribution in [2.75, 3.05) is 20.3 Å². The molecule has 0 aliphatic rings. The van der Waals surface area contributed by atoms with Gasteiger partial charge < -0.3 is 14.9 Å². The molecule has 0 bridgehead atoms. The van der Waals surface area contributed by atoms with Crippen LogP contribution in [0, 0.1) is 0 Å². The van der Waals surface area contributed by atoms with Crippen LogP contribution < -0.4 is 0 Å². The Balaban J connectivity index is 3.34. The first-order valence-electron chi connectivity index (χ1n) is 6.32. The lowest BCUT2D eigenvalue weighted by molar-refractivity contribution is 0.0696. The summed E-state index contributed by atoms with van der Waals surface area (Å²) in [5, 5.41) is 18.7. The third-order valence-electron chi connectivity index (χ3n) is 3.00. The van der Waals surface area contributed by atoms with Gasteiger partial charge in [0, 0.05) is 19.7 Å². The van der Waals surface area contributed by atoms with Gasteiger partial charge in [0.25, 0.3) is 0 Å². The summed E-state index contributed by atoms with van der Waals surface area (Å²) in [6.45, 7) is 3.68. The van der Waals surface area contributed by atoms with E-state index in [1.165, 1.54) is 7.11 Å². The van der Waals surface area contributed by atoms with E-state index in [0.717, 1.165) is 22.5 Å². The topological polar surface area (TPSA) is 104 Å². The molecule has 0 aliphatic carbocycles. The Kier molecular flexibility index (Phi) is 5.70. The molecular weight excluding hydrogens is 298 g/mol. The first-order chi connectivity index (χ1) is 9.75. The fraction of sp³-hybridized carbons (Fsp3) is 0.462. The van der Waals surface area contributed by atoms with Crippen LogP contribution in [0.15, 0.2) is 23.1 Å². The Bertz CT molecular complexity index is 613. The van der Waals surface area contributed by atoms with Gasteiger partial charge in [-0.05, 0) is 25.1 Å². The van der Waals surface area contributed by atoms with E-state index in [1.807, 2.05) is 0 Å². The lowest BCUT2D eigenvalue weighted by atomic mass is 10.2. The van der Waals surface area contributed by atoms with E-state index in [4.69, 9.17) is 9.84 Å². The maximum Gasteiger partial charge on any atom is 0.335 e. The lowest BCUT2D eigenvalue weighted by Crippen LogP contribution is -2.40. The molecule has 0 fully saturated rings. The summed E-state index contributed by atoms with van der Waals surface area (Å²) in [5.41, 5.74) is -0.207. The largest absolute Gasteiger partial charge is 0.507 e. The quantitative estimate of drug-likeness (QED) is 0.781. The van der Waals surface area contributed by atoms with Gasteiger partial charge in [0.2, 0.25) is 10.0 Å². The molecule has 0 heterocycles. The summed E-state index contributed by atoms with van der Waals surface area (Å²) in [5.74, 6) is -1.75. The molecule has 0 radical (unpaired) electrons. The van der Waals surface area contributed by atoms with Crippen LogP contribution in [0.25, 0.3) is 0 Å². The molecule has 1 aromatic carbocycles. The zero-order chi connectivity index (χ0) is 16.2. The number of aromatic hydroxyl groups is 1. The number of carbonyl (C=O) groups is 1. The zero-order valence-corrected chi connectivity index (χ0v) is 12.9. The van der Waals surface area contributed by atoms with Gasteiger partial charge in [0.15, 0.2) is 0 Å².